The first-order chi connectivity index (χ1) is 15.1. The molecule has 5 rings (SSSR count). The molecule has 11 heteroatoms. The van der Waals surface area contributed by atoms with Gasteiger partial charge in [0.15, 0.2) is 0 Å². The summed E-state index contributed by atoms with van der Waals surface area (Å²) in [5, 5.41) is 22.5. The first kappa shape index (κ1) is 19.1. The van der Waals surface area contributed by atoms with E-state index >= 15 is 0 Å². The summed E-state index contributed by atoms with van der Waals surface area (Å²) < 4.78 is 12.6. The maximum absolute atomic E-state index is 12.7. The van der Waals surface area contributed by atoms with Crippen molar-refractivity contribution in [2.75, 3.05) is 19.5 Å². The molecule has 10 nitrogen and oxygen atoms in total. The van der Waals surface area contributed by atoms with Crippen LogP contribution >= 0.6 is 11.6 Å². The van der Waals surface area contributed by atoms with E-state index in [1.165, 1.54) is 0 Å². The van der Waals surface area contributed by atoms with Crippen LogP contribution in [0.25, 0.3) is 11.3 Å². The largest absolute Gasteiger partial charge is 0.497 e. The van der Waals surface area contributed by atoms with Crippen molar-refractivity contribution in [3.63, 3.8) is 0 Å². The molecule has 0 bridgehead atoms. The van der Waals surface area contributed by atoms with Gasteiger partial charge in [-0.05, 0) is 34.7 Å². The van der Waals surface area contributed by atoms with Crippen molar-refractivity contribution in [1.82, 2.24) is 30.4 Å². The van der Waals surface area contributed by atoms with Gasteiger partial charge in [-0.3, -0.25) is 4.79 Å². The van der Waals surface area contributed by atoms with Crippen molar-refractivity contribution < 1.29 is 9.47 Å². The summed E-state index contributed by atoms with van der Waals surface area (Å²) in [7, 11) is 3.15. The molecule has 0 unspecified atom stereocenters. The lowest BCUT2D eigenvalue weighted by Crippen LogP contribution is -2.29. The number of H-pyrrole nitrogens is 1. The second-order valence-electron chi connectivity index (χ2n) is 6.78. The summed E-state index contributed by atoms with van der Waals surface area (Å²) in [6, 6.07) is 12.0. The molecule has 0 aliphatic carbocycles. The second-order valence-corrected chi connectivity index (χ2v) is 7.22. The molecule has 0 spiro atoms. The Morgan fingerprint density at radius 2 is 1.90 bits per heavy atom. The standard InChI is InChI=1S/C20H16ClN7O3/c1-30-12-7-8-13(14(9-12)31-2)18-15-16(10-3-5-11(21)6-4-10)23-24-19(29)17(15)22-20-25-26-27-28(18)20/h3-9,18H,1-2H3,(H,24,29)(H,22,25,27)/t18-/m1/s1. The van der Waals surface area contributed by atoms with E-state index in [0.717, 1.165) is 11.1 Å². The highest BCUT2D eigenvalue weighted by atomic mass is 35.5. The summed E-state index contributed by atoms with van der Waals surface area (Å²) in [4.78, 5) is 12.7. The summed E-state index contributed by atoms with van der Waals surface area (Å²) >= 11 is 6.06. The molecule has 3 heterocycles. The smallest absolute Gasteiger partial charge is 0.288 e. The average Bonchev–Trinajstić information content (AvgIpc) is 3.27. The van der Waals surface area contributed by atoms with Gasteiger partial charge in [0.1, 0.15) is 23.2 Å². The minimum atomic E-state index is -0.581. The Labute approximate surface area is 180 Å². The Hall–Kier alpha value is -3.92. The van der Waals surface area contributed by atoms with Gasteiger partial charge >= 0.3 is 0 Å². The molecule has 2 N–H and O–H groups in total. The van der Waals surface area contributed by atoms with Gasteiger partial charge < -0.3 is 14.8 Å². The van der Waals surface area contributed by atoms with Crippen LogP contribution in [0.2, 0.25) is 5.02 Å². The highest BCUT2D eigenvalue weighted by Gasteiger charge is 2.36. The van der Waals surface area contributed by atoms with Gasteiger partial charge in [0, 0.05) is 27.8 Å². The molecule has 1 aliphatic rings. The lowest BCUT2D eigenvalue weighted by molar-refractivity contribution is 0.386. The van der Waals surface area contributed by atoms with E-state index in [1.54, 1.807) is 37.1 Å². The Kier molecular flexibility index (Phi) is 4.55. The fraction of sp³-hybridized carbons (Fsp3) is 0.150. The number of rotatable bonds is 4. The van der Waals surface area contributed by atoms with Crippen molar-refractivity contribution in [2.24, 2.45) is 0 Å². The molecular weight excluding hydrogens is 422 g/mol. The number of aromatic nitrogens is 6. The third-order valence-corrected chi connectivity index (χ3v) is 5.37. The maximum Gasteiger partial charge on any atom is 0.288 e. The van der Waals surface area contributed by atoms with Gasteiger partial charge in [-0.1, -0.05) is 28.8 Å². The van der Waals surface area contributed by atoms with E-state index in [4.69, 9.17) is 21.1 Å². The van der Waals surface area contributed by atoms with E-state index in [1.807, 2.05) is 24.3 Å². The maximum atomic E-state index is 12.7. The third kappa shape index (κ3) is 3.08. The monoisotopic (exact) mass is 437 g/mol. The zero-order valence-electron chi connectivity index (χ0n) is 16.5. The summed E-state index contributed by atoms with van der Waals surface area (Å²) in [5.41, 5.74) is 2.59. The second kappa shape index (κ2) is 7.40. The molecule has 1 aliphatic heterocycles. The summed E-state index contributed by atoms with van der Waals surface area (Å²) in [5.74, 6) is 1.52. The van der Waals surface area contributed by atoms with Crippen LogP contribution in [0.15, 0.2) is 47.3 Å². The number of anilines is 2. The first-order valence-electron chi connectivity index (χ1n) is 9.26. The number of nitrogens with one attached hydrogen (secondary N) is 2. The topological polar surface area (TPSA) is 120 Å². The van der Waals surface area contributed by atoms with E-state index in [9.17, 15) is 4.79 Å². The van der Waals surface area contributed by atoms with Gasteiger partial charge in [0.05, 0.1) is 19.9 Å². The molecule has 0 saturated heterocycles. The summed E-state index contributed by atoms with van der Waals surface area (Å²) in [6.45, 7) is 0. The van der Waals surface area contributed by atoms with Crippen molar-refractivity contribution >= 4 is 23.2 Å². The zero-order chi connectivity index (χ0) is 21.5. The highest BCUT2D eigenvalue weighted by molar-refractivity contribution is 6.30. The first-order valence-corrected chi connectivity index (χ1v) is 9.64. The Morgan fingerprint density at radius 3 is 2.65 bits per heavy atom. The Balaban J connectivity index is 1.82. The molecule has 0 amide bonds. The van der Waals surface area contributed by atoms with Gasteiger partial charge in [-0.25, -0.2) is 5.10 Å². The van der Waals surface area contributed by atoms with Crippen LogP contribution in [0.1, 0.15) is 17.2 Å². The van der Waals surface area contributed by atoms with Crippen LogP contribution in [0.3, 0.4) is 0 Å². The van der Waals surface area contributed by atoms with Crippen LogP contribution in [0.4, 0.5) is 11.6 Å². The minimum Gasteiger partial charge on any atom is -0.497 e. The molecule has 2 aromatic heterocycles. The fourth-order valence-corrected chi connectivity index (χ4v) is 3.82. The van der Waals surface area contributed by atoms with Crippen LogP contribution < -0.4 is 20.3 Å². The number of benzene rings is 2. The van der Waals surface area contributed by atoms with E-state index in [-0.39, 0.29) is 5.56 Å². The lowest BCUT2D eigenvalue weighted by atomic mass is 9.92. The van der Waals surface area contributed by atoms with Crippen LogP contribution in [-0.2, 0) is 0 Å². The number of fused-ring (bicyclic) bond motifs is 2. The molecule has 2 aromatic carbocycles. The highest BCUT2D eigenvalue weighted by Crippen LogP contribution is 2.44. The SMILES string of the molecule is COc1ccc([C@@H]2c3c(-c4ccc(Cl)cc4)n[nH]c(=O)c3Nc3nnnn32)c(OC)c1. The van der Waals surface area contributed by atoms with Crippen LogP contribution in [-0.4, -0.2) is 44.6 Å². The number of ether oxygens (including phenoxy) is 2. The molecule has 4 aromatic rings. The lowest BCUT2D eigenvalue weighted by Gasteiger charge is -2.28. The van der Waals surface area contributed by atoms with E-state index < -0.39 is 6.04 Å². The van der Waals surface area contributed by atoms with Crippen LogP contribution in [0, 0.1) is 0 Å². The van der Waals surface area contributed by atoms with Gasteiger partial charge in [-0.2, -0.15) is 9.78 Å². The molecule has 0 radical (unpaired) electrons. The van der Waals surface area contributed by atoms with Crippen molar-refractivity contribution in [1.29, 1.82) is 0 Å². The summed E-state index contributed by atoms with van der Waals surface area (Å²) in [6.07, 6.45) is 0. The quantitative estimate of drug-likeness (QED) is 0.440. The fourth-order valence-electron chi connectivity index (χ4n) is 3.70. The number of methoxy groups -OCH3 is 2. The number of halogens is 1. The van der Waals surface area contributed by atoms with E-state index in [2.05, 4.69) is 31.0 Å². The van der Waals surface area contributed by atoms with Gasteiger partial charge in [0.25, 0.3) is 5.56 Å². The Morgan fingerprint density at radius 1 is 1.10 bits per heavy atom. The Bertz CT molecular complexity index is 1330. The van der Waals surface area contributed by atoms with Crippen molar-refractivity contribution in [3.8, 4) is 22.8 Å². The average molecular weight is 438 g/mol. The normalized spacial score (nSPS) is 14.4. The molecule has 31 heavy (non-hydrogen) atoms. The van der Waals surface area contributed by atoms with E-state index in [0.29, 0.717) is 39.4 Å². The number of nitrogens with zero attached hydrogens (tertiary/aromatic N) is 5. The number of hydrogen-bond donors (Lipinski definition) is 2. The minimum absolute atomic E-state index is 0.310. The van der Waals surface area contributed by atoms with Crippen LogP contribution in [0.5, 0.6) is 11.5 Å². The predicted molar refractivity (Wildman–Crippen MR) is 113 cm³/mol. The molecule has 0 fully saturated rings. The van der Waals surface area contributed by atoms with Gasteiger partial charge in [0.2, 0.25) is 5.95 Å². The zero-order valence-corrected chi connectivity index (χ0v) is 17.2. The number of hydrogen-bond acceptors (Lipinski definition) is 8. The van der Waals surface area contributed by atoms with Crippen molar-refractivity contribution in [2.45, 2.75) is 6.04 Å². The molecular formula is C20H16ClN7O3. The molecule has 0 saturated carbocycles. The number of tetrazole rings is 1. The molecule has 1 atom stereocenters. The van der Waals surface area contributed by atoms with Crippen molar-refractivity contribution in [3.05, 3.63) is 69.0 Å². The predicted octanol–water partition coefficient (Wildman–Crippen LogP) is 2.79. The molecule has 156 valence electrons. The van der Waals surface area contributed by atoms with Gasteiger partial charge in [-0.15, -0.1) is 0 Å². The number of aromatic amines is 1. The third-order valence-electron chi connectivity index (χ3n) is 5.12.